The molecule has 1 aromatic carbocycles. The Kier molecular flexibility index (Phi) is 8.02. The van der Waals surface area contributed by atoms with E-state index in [9.17, 15) is 9.59 Å². The van der Waals surface area contributed by atoms with Gasteiger partial charge >= 0.3 is 11.9 Å². The van der Waals surface area contributed by atoms with Crippen LogP contribution in [0.25, 0.3) is 0 Å². The summed E-state index contributed by atoms with van der Waals surface area (Å²) >= 11 is 0. The van der Waals surface area contributed by atoms with E-state index in [0.717, 1.165) is 5.56 Å². The lowest BCUT2D eigenvalue weighted by Gasteiger charge is -2.30. The summed E-state index contributed by atoms with van der Waals surface area (Å²) in [7, 11) is 0. The van der Waals surface area contributed by atoms with Gasteiger partial charge in [0.2, 0.25) is 0 Å². The smallest absolute Gasteiger partial charge is 0.329 e. The van der Waals surface area contributed by atoms with Crippen LogP contribution in [0.5, 0.6) is 0 Å². The fraction of sp³-hybridized carbons (Fsp3) is 0.556. The van der Waals surface area contributed by atoms with Crippen LogP contribution < -0.4 is 5.73 Å². The van der Waals surface area contributed by atoms with Gasteiger partial charge in [0.15, 0.2) is 0 Å². The van der Waals surface area contributed by atoms with Crippen molar-refractivity contribution in [3.63, 3.8) is 0 Å². The van der Waals surface area contributed by atoms with Crippen LogP contribution in [-0.2, 0) is 30.4 Å². The number of hydrogen-bond donors (Lipinski definition) is 2. The summed E-state index contributed by atoms with van der Waals surface area (Å²) < 4.78 is 16.2. The number of carbonyl (C=O) groups excluding carboxylic acids is 1. The maximum absolute atomic E-state index is 12.5. The molecule has 0 aliphatic carbocycles. The molecule has 0 aliphatic rings. The van der Waals surface area contributed by atoms with Gasteiger partial charge in [0.05, 0.1) is 12.7 Å². The molecule has 1 unspecified atom stereocenters. The van der Waals surface area contributed by atoms with E-state index in [1.807, 2.05) is 30.3 Å². The number of hydrogen-bond acceptors (Lipinski definition) is 6. The molecule has 0 bridgehead atoms. The van der Waals surface area contributed by atoms with E-state index in [2.05, 4.69) is 0 Å². The maximum atomic E-state index is 12.5. The number of nitrogens with two attached hydrogens (primary N) is 1. The number of carboxylic acid groups (broad SMARTS) is 1. The first kappa shape index (κ1) is 21.1. The molecule has 0 saturated carbocycles. The first-order valence-corrected chi connectivity index (χ1v) is 8.07. The zero-order valence-corrected chi connectivity index (χ0v) is 15.1. The van der Waals surface area contributed by atoms with E-state index in [1.165, 1.54) is 0 Å². The van der Waals surface area contributed by atoms with Crippen LogP contribution >= 0.6 is 0 Å². The van der Waals surface area contributed by atoms with Gasteiger partial charge in [-0.25, -0.2) is 4.79 Å². The summed E-state index contributed by atoms with van der Waals surface area (Å²) in [4.78, 5) is 23.2. The van der Waals surface area contributed by atoms with Crippen LogP contribution in [-0.4, -0.2) is 41.6 Å². The van der Waals surface area contributed by atoms with Gasteiger partial charge in [0.25, 0.3) is 0 Å². The minimum atomic E-state index is -1.17. The molecule has 0 amide bonds. The summed E-state index contributed by atoms with van der Waals surface area (Å²) in [5.41, 5.74) is 6.12. The Morgan fingerprint density at radius 1 is 1.16 bits per heavy atom. The predicted molar refractivity (Wildman–Crippen MR) is 91.6 cm³/mol. The Hall–Kier alpha value is -1.96. The van der Waals surface area contributed by atoms with Crippen molar-refractivity contribution in [1.82, 2.24) is 0 Å². The Morgan fingerprint density at radius 3 is 2.28 bits per heavy atom. The van der Waals surface area contributed by atoms with Gasteiger partial charge < -0.3 is 25.1 Å². The molecule has 0 saturated heterocycles. The molecule has 0 heterocycles. The number of esters is 1. The summed E-state index contributed by atoms with van der Waals surface area (Å²) in [6.45, 7) is 6.57. The fourth-order valence-electron chi connectivity index (χ4n) is 2.14. The maximum Gasteiger partial charge on any atom is 0.329 e. The molecule has 0 aliphatic heterocycles. The van der Waals surface area contributed by atoms with Crippen LogP contribution in [0.4, 0.5) is 0 Å². The topological polar surface area (TPSA) is 108 Å². The SMILES string of the molecule is C[C@@H](OCc1ccccc1)[C@@H](C(=O)OC(C)(C)C)C(N)OCC(=O)O. The Balaban J connectivity index is 2.80. The van der Waals surface area contributed by atoms with Gasteiger partial charge in [0, 0.05) is 0 Å². The van der Waals surface area contributed by atoms with Crippen LogP contribution in [0.1, 0.15) is 33.3 Å². The van der Waals surface area contributed by atoms with E-state index in [0.29, 0.717) is 0 Å². The van der Waals surface area contributed by atoms with Crippen molar-refractivity contribution in [3.05, 3.63) is 35.9 Å². The molecular weight excluding hydrogens is 326 g/mol. The highest BCUT2D eigenvalue weighted by Gasteiger charge is 2.36. The fourth-order valence-corrected chi connectivity index (χ4v) is 2.14. The molecule has 0 aromatic heterocycles. The molecule has 3 N–H and O–H groups in total. The van der Waals surface area contributed by atoms with Crippen molar-refractivity contribution in [2.45, 2.75) is 52.2 Å². The van der Waals surface area contributed by atoms with Gasteiger partial charge in [-0.2, -0.15) is 0 Å². The zero-order chi connectivity index (χ0) is 19.0. The normalized spacial score (nSPS) is 15.2. The highest BCUT2D eigenvalue weighted by Crippen LogP contribution is 2.20. The molecule has 3 atom stereocenters. The van der Waals surface area contributed by atoms with E-state index < -0.39 is 42.4 Å². The number of carbonyl (C=O) groups is 2. The second-order valence-corrected chi connectivity index (χ2v) is 6.73. The van der Waals surface area contributed by atoms with Gasteiger partial charge in [-0.1, -0.05) is 30.3 Å². The molecule has 0 fully saturated rings. The molecule has 7 nitrogen and oxygen atoms in total. The standard InChI is InChI=1S/C18H27NO6/c1-12(23-10-13-8-6-5-7-9-13)15(16(19)24-11-14(20)21)17(22)25-18(2,3)4/h5-9,12,15-16H,10-11,19H2,1-4H3,(H,20,21)/t12-,15-,16?/m1/s1. The highest BCUT2D eigenvalue weighted by atomic mass is 16.6. The lowest BCUT2D eigenvalue weighted by molar-refractivity contribution is -0.176. The Morgan fingerprint density at radius 2 is 1.76 bits per heavy atom. The lowest BCUT2D eigenvalue weighted by atomic mass is 10.0. The minimum absolute atomic E-state index is 0.285. The third kappa shape index (κ3) is 8.11. The van der Waals surface area contributed by atoms with Crippen LogP contribution in [0, 0.1) is 5.92 Å². The molecule has 1 aromatic rings. The minimum Gasteiger partial charge on any atom is -0.480 e. The van der Waals surface area contributed by atoms with E-state index in [4.69, 9.17) is 25.1 Å². The zero-order valence-electron chi connectivity index (χ0n) is 15.1. The van der Waals surface area contributed by atoms with Gasteiger partial charge in [0.1, 0.15) is 24.4 Å². The first-order chi connectivity index (χ1) is 11.6. The number of rotatable bonds is 9. The Labute approximate surface area is 148 Å². The lowest BCUT2D eigenvalue weighted by Crippen LogP contribution is -2.47. The van der Waals surface area contributed by atoms with Crippen molar-refractivity contribution < 1.29 is 28.9 Å². The predicted octanol–water partition coefficient (Wildman–Crippen LogP) is 1.94. The summed E-state index contributed by atoms with van der Waals surface area (Å²) in [5.74, 6) is -2.72. The van der Waals surface area contributed by atoms with Crippen LogP contribution in [0.2, 0.25) is 0 Å². The first-order valence-electron chi connectivity index (χ1n) is 8.07. The third-order valence-electron chi connectivity index (χ3n) is 3.29. The second kappa shape index (κ2) is 9.50. The number of benzene rings is 1. The summed E-state index contributed by atoms with van der Waals surface area (Å²) in [6.07, 6.45) is -1.78. The number of aliphatic carboxylic acids is 1. The third-order valence-corrected chi connectivity index (χ3v) is 3.29. The summed E-state index contributed by atoms with van der Waals surface area (Å²) in [6, 6.07) is 9.46. The van der Waals surface area contributed by atoms with Crippen LogP contribution in [0.15, 0.2) is 30.3 Å². The molecular formula is C18H27NO6. The van der Waals surface area contributed by atoms with Crippen molar-refractivity contribution in [3.8, 4) is 0 Å². The number of ether oxygens (including phenoxy) is 3. The highest BCUT2D eigenvalue weighted by molar-refractivity contribution is 5.74. The quantitative estimate of drug-likeness (QED) is 0.516. The molecule has 1 rings (SSSR count). The second-order valence-electron chi connectivity index (χ2n) is 6.73. The molecule has 0 radical (unpaired) electrons. The van der Waals surface area contributed by atoms with E-state index >= 15 is 0 Å². The Bertz CT molecular complexity index is 554. The largest absolute Gasteiger partial charge is 0.480 e. The molecule has 0 spiro atoms. The van der Waals surface area contributed by atoms with E-state index in [1.54, 1.807) is 27.7 Å². The average molecular weight is 353 g/mol. The van der Waals surface area contributed by atoms with Crippen molar-refractivity contribution in [2.24, 2.45) is 11.7 Å². The van der Waals surface area contributed by atoms with Crippen LogP contribution in [0.3, 0.4) is 0 Å². The van der Waals surface area contributed by atoms with Crippen molar-refractivity contribution in [1.29, 1.82) is 0 Å². The van der Waals surface area contributed by atoms with Crippen molar-refractivity contribution >= 4 is 11.9 Å². The molecule has 140 valence electrons. The van der Waals surface area contributed by atoms with Gasteiger partial charge in [-0.15, -0.1) is 0 Å². The number of carboxylic acids is 1. The monoisotopic (exact) mass is 353 g/mol. The van der Waals surface area contributed by atoms with Gasteiger partial charge in [-0.05, 0) is 33.3 Å². The van der Waals surface area contributed by atoms with E-state index in [-0.39, 0.29) is 6.61 Å². The summed E-state index contributed by atoms with van der Waals surface area (Å²) in [5, 5.41) is 8.73. The van der Waals surface area contributed by atoms with Gasteiger partial charge in [-0.3, -0.25) is 4.79 Å². The molecule has 25 heavy (non-hydrogen) atoms. The molecule has 7 heteroatoms. The average Bonchev–Trinajstić information content (AvgIpc) is 2.50. The van der Waals surface area contributed by atoms with Crippen molar-refractivity contribution in [2.75, 3.05) is 6.61 Å².